The molecule has 0 aliphatic carbocycles. The number of alkyl halides is 3. The van der Waals surface area contributed by atoms with Gasteiger partial charge in [-0.25, -0.2) is 0 Å². The molecular formula is C14H16F3N3O. The summed E-state index contributed by atoms with van der Waals surface area (Å²) in [5.74, 6) is -0.453. The Hall–Kier alpha value is -2.07. The molecule has 1 rings (SSSR count). The highest BCUT2D eigenvalue weighted by Gasteiger charge is 2.35. The van der Waals surface area contributed by atoms with E-state index in [9.17, 15) is 18.0 Å². The molecule has 114 valence electrons. The zero-order valence-electron chi connectivity index (χ0n) is 11.7. The first-order valence-electron chi connectivity index (χ1n) is 6.31. The topological polar surface area (TPSA) is 78.9 Å². The summed E-state index contributed by atoms with van der Waals surface area (Å²) < 4.78 is 38.5. The number of nitrogens with two attached hydrogens (primary N) is 1. The summed E-state index contributed by atoms with van der Waals surface area (Å²) in [6.45, 7) is 3.49. The lowest BCUT2D eigenvalue weighted by atomic mass is 9.86. The van der Waals surface area contributed by atoms with Crippen molar-refractivity contribution in [2.45, 2.75) is 26.4 Å². The van der Waals surface area contributed by atoms with Crippen LogP contribution in [0.4, 0.5) is 18.9 Å². The van der Waals surface area contributed by atoms with Gasteiger partial charge in [0.2, 0.25) is 5.91 Å². The molecule has 0 saturated carbocycles. The van der Waals surface area contributed by atoms with Gasteiger partial charge >= 0.3 is 6.18 Å². The van der Waals surface area contributed by atoms with E-state index in [1.807, 2.05) is 0 Å². The van der Waals surface area contributed by atoms with Crippen molar-refractivity contribution in [3.8, 4) is 6.07 Å². The molecule has 0 aromatic heterocycles. The van der Waals surface area contributed by atoms with Gasteiger partial charge in [0.1, 0.15) is 0 Å². The molecule has 0 radical (unpaired) electrons. The van der Waals surface area contributed by atoms with Gasteiger partial charge in [0.15, 0.2) is 0 Å². The van der Waals surface area contributed by atoms with Crippen molar-refractivity contribution in [1.29, 1.82) is 5.26 Å². The molecule has 1 aromatic rings. The Labute approximate surface area is 120 Å². The average Bonchev–Trinajstić information content (AvgIpc) is 2.45. The second kappa shape index (κ2) is 6.14. The lowest BCUT2D eigenvalue weighted by Crippen LogP contribution is -2.39. The molecule has 1 aromatic carbocycles. The number of carbonyl (C=O) groups excluding carboxylic acids is 1. The minimum absolute atomic E-state index is 0.0144. The van der Waals surface area contributed by atoms with Crippen LogP contribution >= 0.6 is 0 Å². The van der Waals surface area contributed by atoms with Gasteiger partial charge in [-0.2, -0.15) is 18.4 Å². The Bertz CT molecular complexity index is 572. The molecule has 0 bridgehead atoms. The third kappa shape index (κ3) is 3.73. The quantitative estimate of drug-likeness (QED) is 0.897. The van der Waals surface area contributed by atoms with Crippen LogP contribution in [0.1, 0.15) is 31.4 Å². The number of carbonyl (C=O) groups is 1. The monoisotopic (exact) mass is 299 g/mol. The molecule has 1 atom stereocenters. The SMILES string of the molecule is CCC(C)(CN)C(=O)Nc1ccc(C#N)c(C(F)(F)F)c1. The van der Waals surface area contributed by atoms with Crippen LogP contribution in [0, 0.1) is 16.7 Å². The van der Waals surface area contributed by atoms with Crippen LogP contribution in [0.2, 0.25) is 0 Å². The number of nitriles is 1. The molecule has 7 heteroatoms. The Morgan fingerprint density at radius 3 is 2.48 bits per heavy atom. The third-order valence-electron chi connectivity index (χ3n) is 3.48. The van der Waals surface area contributed by atoms with Gasteiger partial charge in [-0.05, 0) is 31.5 Å². The Balaban J connectivity index is 3.12. The zero-order chi connectivity index (χ0) is 16.3. The highest BCUT2D eigenvalue weighted by molar-refractivity contribution is 5.95. The van der Waals surface area contributed by atoms with E-state index in [0.29, 0.717) is 6.42 Å². The van der Waals surface area contributed by atoms with E-state index in [-0.39, 0.29) is 12.2 Å². The van der Waals surface area contributed by atoms with Gasteiger partial charge in [-0.3, -0.25) is 4.79 Å². The molecule has 0 spiro atoms. The summed E-state index contributed by atoms with van der Waals surface area (Å²) in [6.07, 6.45) is -4.20. The summed E-state index contributed by atoms with van der Waals surface area (Å²) >= 11 is 0. The average molecular weight is 299 g/mol. The highest BCUT2D eigenvalue weighted by atomic mass is 19.4. The van der Waals surface area contributed by atoms with Crippen LogP contribution in [0.3, 0.4) is 0 Å². The summed E-state index contributed by atoms with van der Waals surface area (Å²) in [5.41, 5.74) is 3.10. The second-order valence-corrected chi connectivity index (χ2v) is 4.94. The molecule has 0 heterocycles. The van der Waals surface area contributed by atoms with Gasteiger partial charge in [0, 0.05) is 12.2 Å². The van der Waals surface area contributed by atoms with E-state index in [1.54, 1.807) is 13.8 Å². The molecule has 1 amide bonds. The maximum atomic E-state index is 12.8. The molecule has 1 unspecified atom stereocenters. The number of hydrogen-bond acceptors (Lipinski definition) is 3. The van der Waals surface area contributed by atoms with E-state index in [1.165, 1.54) is 12.1 Å². The first-order chi connectivity index (χ1) is 9.67. The van der Waals surface area contributed by atoms with Crippen LogP contribution in [0.25, 0.3) is 0 Å². The van der Waals surface area contributed by atoms with Crippen molar-refractivity contribution >= 4 is 11.6 Å². The smallest absolute Gasteiger partial charge is 0.329 e. The summed E-state index contributed by atoms with van der Waals surface area (Å²) in [4.78, 5) is 12.1. The Morgan fingerprint density at radius 1 is 1.43 bits per heavy atom. The molecule has 0 aliphatic heterocycles. The van der Waals surface area contributed by atoms with Crippen LogP contribution in [0.15, 0.2) is 18.2 Å². The van der Waals surface area contributed by atoms with Crippen LogP contribution in [-0.2, 0) is 11.0 Å². The third-order valence-corrected chi connectivity index (χ3v) is 3.48. The Kier molecular flexibility index (Phi) is 4.97. The number of benzene rings is 1. The number of hydrogen-bond donors (Lipinski definition) is 2. The molecule has 0 saturated heterocycles. The van der Waals surface area contributed by atoms with Crippen molar-refractivity contribution < 1.29 is 18.0 Å². The number of halogens is 3. The van der Waals surface area contributed by atoms with E-state index in [4.69, 9.17) is 11.0 Å². The zero-order valence-corrected chi connectivity index (χ0v) is 11.7. The lowest BCUT2D eigenvalue weighted by Gasteiger charge is -2.25. The van der Waals surface area contributed by atoms with Crippen molar-refractivity contribution in [2.24, 2.45) is 11.1 Å². The van der Waals surface area contributed by atoms with Crippen molar-refractivity contribution in [3.05, 3.63) is 29.3 Å². The van der Waals surface area contributed by atoms with Gasteiger partial charge in [-0.15, -0.1) is 0 Å². The van der Waals surface area contributed by atoms with Crippen molar-refractivity contribution in [1.82, 2.24) is 0 Å². The largest absolute Gasteiger partial charge is 0.417 e. The van der Waals surface area contributed by atoms with E-state index < -0.39 is 28.6 Å². The summed E-state index contributed by atoms with van der Waals surface area (Å²) in [5, 5.41) is 11.1. The van der Waals surface area contributed by atoms with Gasteiger partial charge in [0.25, 0.3) is 0 Å². The predicted octanol–water partition coefficient (Wildman–Crippen LogP) is 2.89. The molecule has 0 fully saturated rings. The Morgan fingerprint density at radius 2 is 2.05 bits per heavy atom. The van der Waals surface area contributed by atoms with Gasteiger partial charge in [0.05, 0.1) is 22.6 Å². The van der Waals surface area contributed by atoms with Crippen LogP contribution in [-0.4, -0.2) is 12.5 Å². The highest BCUT2D eigenvalue weighted by Crippen LogP contribution is 2.34. The standard InChI is InChI=1S/C14H16F3N3O/c1-3-13(2,8-19)12(21)20-10-5-4-9(7-18)11(6-10)14(15,16)17/h4-6H,3,8,19H2,1-2H3,(H,20,21). The fraction of sp³-hybridized carbons (Fsp3) is 0.429. The number of nitrogens with zero attached hydrogens (tertiary/aromatic N) is 1. The van der Waals surface area contributed by atoms with Gasteiger partial charge in [-0.1, -0.05) is 6.92 Å². The molecular weight excluding hydrogens is 283 g/mol. The first-order valence-corrected chi connectivity index (χ1v) is 6.31. The molecule has 3 N–H and O–H groups in total. The fourth-order valence-electron chi connectivity index (χ4n) is 1.63. The number of nitrogens with one attached hydrogen (secondary N) is 1. The number of anilines is 1. The predicted molar refractivity (Wildman–Crippen MR) is 72.2 cm³/mol. The lowest BCUT2D eigenvalue weighted by molar-refractivity contribution is -0.137. The second-order valence-electron chi connectivity index (χ2n) is 4.94. The van der Waals surface area contributed by atoms with Crippen LogP contribution in [0.5, 0.6) is 0 Å². The minimum atomic E-state index is -4.66. The van der Waals surface area contributed by atoms with Crippen LogP contribution < -0.4 is 11.1 Å². The molecule has 0 aliphatic rings. The minimum Gasteiger partial charge on any atom is -0.329 e. The van der Waals surface area contributed by atoms with E-state index in [2.05, 4.69) is 5.32 Å². The normalized spacial score (nSPS) is 14.1. The van der Waals surface area contributed by atoms with Crippen molar-refractivity contribution in [3.63, 3.8) is 0 Å². The van der Waals surface area contributed by atoms with Gasteiger partial charge < -0.3 is 11.1 Å². The maximum Gasteiger partial charge on any atom is 0.417 e. The fourth-order valence-corrected chi connectivity index (χ4v) is 1.63. The van der Waals surface area contributed by atoms with Crippen molar-refractivity contribution in [2.75, 3.05) is 11.9 Å². The first kappa shape index (κ1) is 17.0. The maximum absolute atomic E-state index is 12.8. The molecule has 21 heavy (non-hydrogen) atoms. The van der Waals surface area contributed by atoms with E-state index in [0.717, 1.165) is 12.1 Å². The number of amides is 1. The molecule has 4 nitrogen and oxygen atoms in total. The van der Waals surface area contributed by atoms with E-state index >= 15 is 0 Å². The number of rotatable bonds is 4. The summed E-state index contributed by atoms with van der Waals surface area (Å²) in [7, 11) is 0. The summed E-state index contributed by atoms with van der Waals surface area (Å²) in [6, 6.07) is 4.53.